The summed E-state index contributed by atoms with van der Waals surface area (Å²) in [6, 6.07) is 11.9. The average molecular weight is 678 g/mol. The fraction of sp³-hybridized carbons (Fsp3) is 0.500. The van der Waals surface area contributed by atoms with Crippen molar-refractivity contribution >= 4 is 23.6 Å². The van der Waals surface area contributed by atoms with Gasteiger partial charge in [-0.2, -0.15) is 0 Å². The van der Waals surface area contributed by atoms with Gasteiger partial charge in [0.2, 0.25) is 11.7 Å². The Bertz CT molecular complexity index is 1670. The first-order valence-corrected chi connectivity index (χ1v) is 17.2. The van der Waals surface area contributed by atoms with Crippen molar-refractivity contribution in [3.8, 4) is 17.4 Å². The minimum Gasteiger partial charge on any atom is -0.473 e. The highest BCUT2D eigenvalue weighted by Gasteiger charge is 2.43. The molecular weight excluding hydrogens is 630 g/mol. The molecule has 9 nitrogen and oxygen atoms in total. The van der Waals surface area contributed by atoms with Crippen molar-refractivity contribution in [2.75, 3.05) is 6.54 Å². The number of nitrogens with zero attached hydrogens (tertiary/aromatic N) is 2. The Hall–Kier alpha value is -3.98. The molecule has 2 unspecified atom stereocenters. The molecule has 0 radical (unpaired) electrons. The molecule has 0 bridgehead atoms. The number of ether oxygens (including phenoxy) is 4. The first kappa shape index (κ1) is 35.3. The number of nitrogens with one attached hydrogen (secondary N) is 1. The first-order chi connectivity index (χ1) is 22.7. The van der Waals surface area contributed by atoms with Crippen LogP contribution < -0.4 is 19.5 Å². The summed E-state index contributed by atoms with van der Waals surface area (Å²) in [6.45, 7) is 16.6. The van der Waals surface area contributed by atoms with Gasteiger partial charge in [-0.05, 0) is 90.0 Å². The summed E-state index contributed by atoms with van der Waals surface area (Å²) in [5.41, 5.74) is 5.33. The molecule has 3 heterocycles. The molecule has 0 saturated carbocycles. The van der Waals surface area contributed by atoms with Gasteiger partial charge in [0.25, 0.3) is 5.91 Å². The topological polar surface area (TPSA) is 99.2 Å². The molecule has 0 fully saturated rings. The lowest BCUT2D eigenvalue weighted by Crippen LogP contribution is -2.39. The Morgan fingerprint density at radius 3 is 2.54 bits per heavy atom. The van der Waals surface area contributed by atoms with Gasteiger partial charge in [0.05, 0.1) is 17.1 Å². The maximum Gasteiger partial charge on any atom is 0.407 e. The zero-order valence-electron chi connectivity index (χ0n) is 29.4. The van der Waals surface area contributed by atoms with Gasteiger partial charge >= 0.3 is 6.09 Å². The van der Waals surface area contributed by atoms with Gasteiger partial charge in [-0.3, -0.25) is 4.79 Å². The Morgan fingerprint density at radius 2 is 1.85 bits per heavy atom. The van der Waals surface area contributed by atoms with Crippen LogP contribution in [0.2, 0.25) is 5.02 Å². The molecular formula is C38H48ClN3O6. The van der Waals surface area contributed by atoms with Gasteiger partial charge in [0.1, 0.15) is 12.2 Å². The second-order valence-corrected chi connectivity index (χ2v) is 14.4. The van der Waals surface area contributed by atoms with E-state index in [1.807, 2.05) is 96.7 Å². The van der Waals surface area contributed by atoms with E-state index in [1.165, 1.54) is 0 Å². The number of fused-ring (bicyclic) bond motifs is 2. The van der Waals surface area contributed by atoms with Gasteiger partial charge in [-0.1, -0.05) is 48.9 Å². The summed E-state index contributed by atoms with van der Waals surface area (Å²) in [5.74, 6) is 0.478. The number of hydrogen-bond donors (Lipinski definition) is 1. The first-order valence-electron chi connectivity index (χ1n) is 16.8. The van der Waals surface area contributed by atoms with E-state index in [4.69, 9.17) is 35.5 Å². The maximum absolute atomic E-state index is 14.1. The normalized spacial score (nSPS) is 17.6. The summed E-state index contributed by atoms with van der Waals surface area (Å²) in [4.78, 5) is 33.0. The maximum atomic E-state index is 14.1. The number of alkyl carbamates (subject to hydrolysis) is 1. The van der Waals surface area contributed by atoms with Crippen molar-refractivity contribution in [3.63, 3.8) is 0 Å². The van der Waals surface area contributed by atoms with Crippen LogP contribution in [0.5, 0.6) is 17.4 Å². The van der Waals surface area contributed by atoms with Gasteiger partial charge < -0.3 is 29.2 Å². The van der Waals surface area contributed by atoms with E-state index in [0.717, 1.165) is 52.8 Å². The SMILES string of the molecule is CCC(CCCC1(C)Oc2c(C)c3c(c(Cl)c2O1)CCN(Cc1c(C)cc(C)nc1OCc1ccccc1)C3=O)NC(=O)OC(C)(C)C. The van der Waals surface area contributed by atoms with Crippen molar-refractivity contribution in [2.45, 2.75) is 118 Å². The predicted molar refractivity (Wildman–Crippen MR) is 186 cm³/mol. The second-order valence-electron chi connectivity index (χ2n) is 14.0. The zero-order valence-corrected chi connectivity index (χ0v) is 30.2. The van der Waals surface area contributed by atoms with Gasteiger partial charge in [0, 0.05) is 42.8 Å². The van der Waals surface area contributed by atoms with Crippen LogP contribution in [-0.4, -0.2) is 45.9 Å². The molecule has 2 amide bonds. The molecule has 48 heavy (non-hydrogen) atoms. The Balaban J connectivity index is 1.29. The monoisotopic (exact) mass is 677 g/mol. The second kappa shape index (κ2) is 14.2. The minimum atomic E-state index is -0.955. The Kier molecular flexibility index (Phi) is 10.5. The smallest absolute Gasteiger partial charge is 0.407 e. The van der Waals surface area contributed by atoms with Crippen LogP contribution in [-0.2, 0) is 24.3 Å². The molecule has 2 aromatic carbocycles. The highest BCUT2D eigenvalue weighted by Crippen LogP contribution is 2.52. The molecule has 258 valence electrons. The van der Waals surface area contributed by atoms with Crippen LogP contribution in [0.4, 0.5) is 4.79 Å². The molecule has 0 spiro atoms. The van der Waals surface area contributed by atoms with Crippen molar-refractivity contribution < 1.29 is 28.5 Å². The van der Waals surface area contributed by atoms with Crippen LogP contribution in [0.15, 0.2) is 36.4 Å². The van der Waals surface area contributed by atoms with Crippen LogP contribution in [0.3, 0.4) is 0 Å². The molecule has 5 rings (SSSR count). The summed E-state index contributed by atoms with van der Waals surface area (Å²) in [6.07, 6.45) is 2.97. The molecule has 2 aliphatic heterocycles. The third-order valence-electron chi connectivity index (χ3n) is 8.86. The van der Waals surface area contributed by atoms with Crippen molar-refractivity contribution in [3.05, 3.63) is 80.5 Å². The third kappa shape index (κ3) is 8.00. The quantitative estimate of drug-likeness (QED) is 0.218. The third-order valence-corrected chi connectivity index (χ3v) is 9.26. The predicted octanol–water partition coefficient (Wildman–Crippen LogP) is 8.40. The van der Waals surface area contributed by atoms with E-state index < -0.39 is 17.5 Å². The molecule has 1 aromatic heterocycles. The van der Waals surface area contributed by atoms with Crippen molar-refractivity contribution in [2.24, 2.45) is 0 Å². The number of carbonyl (C=O) groups excluding carboxylic acids is 2. The summed E-state index contributed by atoms with van der Waals surface area (Å²) in [7, 11) is 0. The van der Waals surface area contributed by atoms with Crippen molar-refractivity contribution in [1.29, 1.82) is 0 Å². The number of benzene rings is 2. The molecule has 10 heteroatoms. The van der Waals surface area contributed by atoms with E-state index in [1.54, 1.807) is 0 Å². The standard InChI is InChI=1S/C38H48ClN3O6/c1-9-27(41-36(44)48-37(5,6)7)16-13-18-38(8)46-32-25(4)30-28(31(39)33(32)47-38)17-19-42(35(30)43)21-29-23(2)20-24(3)40-34(29)45-22-26-14-11-10-12-15-26/h10-12,14-15,20,27H,9,13,16-19,21-22H2,1-8H3,(H,41,44). The minimum absolute atomic E-state index is 0.0370. The molecule has 2 atom stereocenters. The number of aryl methyl sites for hydroxylation is 2. The van der Waals surface area contributed by atoms with Crippen LogP contribution in [0, 0.1) is 20.8 Å². The largest absolute Gasteiger partial charge is 0.473 e. The van der Waals surface area contributed by atoms with E-state index in [0.29, 0.717) is 60.5 Å². The van der Waals surface area contributed by atoms with Gasteiger partial charge in [-0.15, -0.1) is 0 Å². The number of amides is 2. The number of halogens is 1. The molecule has 0 saturated heterocycles. The fourth-order valence-electron chi connectivity index (χ4n) is 6.39. The van der Waals surface area contributed by atoms with E-state index in [-0.39, 0.29) is 11.9 Å². The Labute approximate surface area is 289 Å². The van der Waals surface area contributed by atoms with Crippen LogP contribution in [0.25, 0.3) is 0 Å². The lowest BCUT2D eigenvalue weighted by atomic mass is 9.93. The fourth-order valence-corrected chi connectivity index (χ4v) is 6.70. The van der Waals surface area contributed by atoms with E-state index >= 15 is 0 Å². The summed E-state index contributed by atoms with van der Waals surface area (Å²) in [5, 5.41) is 3.40. The number of pyridine rings is 1. The van der Waals surface area contributed by atoms with Gasteiger partial charge in [0.15, 0.2) is 11.5 Å². The van der Waals surface area contributed by atoms with Gasteiger partial charge in [-0.25, -0.2) is 9.78 Å². The summed E-state index contributed by atoms with van der Waals surface area (Å²) < 4.78 is 24.5. The Morgan fingerprint density at radius 1 is 1.15 bits per heavy atom. The molecule has 1 N–H and O–H groups in total. The van der Waals surface area contributed by atoms with E-state index in [9.17, 15) is 9.59 Å². The molecule has 2 aliphatic rings. The highest BCUT2D eigenvalue weighted by molar-refractivity contribution is 6.34. The highest BCUT2D eigenvalue weighted by atomic mass is 35.5. The number of rotatable bonds is 11. The lowest BCUT2D eigenvalue weighted by molar-refractivity contribution is -0.0701. The lowest BCUT2D eigenvalue weighted by Gasteiger charge is -2.31. The molecule has 0 aliphatic carbocycles. The van der Waals surface area contributed by atoms with E-state index in [2.05, 4.69) is 5.32 Å². The number of hydrogen-bond acceptors (Lipinski definition) is 7. The number of aromatic nitrogens is 1. The number of carbonyl (C=O) groups is 2. The molecule has 3 aromatic rings. The van der Waals surface area contributed by atoms with Crippen LogP contribution in [0.1, 0.15) is 104 Å². The summed E-state index contributed by atoms with van der Waals surface area (Å²) >= 11 is 6.96. The zero-order chi connectivity index (χ0) is 34.8. The van der Waals surface area contributed by atoms with Crippen molar-refractivity contribution in [1.82, 2.24) is 15.2 Å². The van der Waals surface area contributed by atoms with Crippen LogP contribution >= 0.6 is 11.6 Å². The average Bonchev–Trinajstić information content (AvgIpc) is 3.38.